The highest BCUT2D eigenvalue weighted by Gasteiger charge is 2.35. The fourth-order valence-electron chi connectivity index (χ4n) is 3.60. The smallest absolute Gasteiger partial charge is 0.343 e. The fraction of sp³-hybridized carbons (Fsp3) is 0.179. The number of imide groups is 1. The Bertz CT molecular complexity index is 1420. The molecule has 1 aliphatic rings. The molecule has 7 nitrogen and oxygen atoms in total. The van der Waals surface area contributed by atoms with Crippen LogP contribution in [-0.4, -0.2) is 41.8 Å². The fourth-order valence-corrected chi connectivity index (χ4v) is 4.92. The lowest BCUT2D eigenvalue weighted by molar-refractivity contribution is -0.123. The van der Waals surface area contributed by atoms with Crippen LogP contribution in [-0.2, 0) is 4.79 Å². The molecular formula is C28H23Cl2NO6S. The van der Waals surface area contributed by atoms with Crippen LogP contribution < -0.4 is 14.2 Å². The largest absolute Gasteiger partial charge is 0.492 e. The maximum Gasteiger partial charge on any atom is 0.343 e. The van der Waals surface area contributed by atoms with Gasteiger partial charge in [0.2, 0.25) is 0 Å². The molecule has 1 heterocycles. The van der Waals surface area contributed by atoms with Gasteiger partial charge in [-0.25, -0.2) is 4.79 Å². The van der Waals surface area contributed by atoms with E-state index in [9.17, 15) is 14.4 Å². The monoisotopic (exact) mass is 571 g/mol. The molecule has 4 rings (SSSR count). The summed E-state index contributed by atoms with van der Waals surface area (Å²) in [4.78, 5) is 39.4. The van der Waals surface area contributed by atoms with E-state index in [1.807, 2.05) is 31.2 Å². The molecule has 1 aliphatic heterocycles. The van der Waals surface area contributed by atoms with E-state index in [0.717, 1.165) is 22.2 Å². The average Bonchev–Trinajstić information content (AvgIpc) is 3.13. The van der Waals surface area contributed by atoms with E-state index in [2.05, 4.69) is 0 Å². The maximum absolute atomic E-state index is 12.9. The van der Waals surface area contributed by atoms with Gasteiger partial charge in [0.15, 0.2) is 11.5 Å². The minimum Gasteiger partial charge on any atom is -0.492 e. The van der Waals surface area contributed by atoms with Crippen molar-refractivity contribution < 1.29 is 28.6 Å². The number of hydrogen-bond donors (Lipinski definition) is 0. The van der Waals surface area contributed by atoms with Crippen LogP contribution in [0, 0.1) is 6.92 Å². The van der Waals surface area contributed by atoms with Crippen molar-refractivity contribution in [2.24, 2.45) is 0 Å². The van der Waals surface area contributed by atoms with Crippen molar-refractivity contribution >= 4 is 58.2 Å². The second-order valence-electron chi connectivity index (χ2n) is 8.16. The summed E-state index contributed by atoms with van der Waals surface area (Å²) in [6.45, 7) is 4.28. The number of carbonyl (C=O) groups excluding carboxylic acids is 3. The average molecular weight is 572 g/mol. The summed E-state index contributed by atoms with van der Waals surface area (Å²) in [5.74, 6) is -0.165. The van der Waals surface area contributed by atoms with Gasteiger partial charge in [0.05, 0.1) is 28.6 Å². The van der Waals surface area contributed by atoms with Gasteiger partial charge in [0.25, 0.3) is 11.1 Å². The van der Waals surface area contributed by atoms with Crippen LogP contribution in [0.1, 0.15) is 28.4 Å². The number of rotatable bonds is 9. The molecule has 3 aromatic carbocycles. The molecule has 3 aromatic rings. The van der Waals surface area contributed by atoms with Gasteiger partial charge in [0, 0.05) is 5.02 Å². The Labute approximate surface area is 234 Å². The van der Waals surface area contributed by atoms with E-state index in [4.69, 9.17) is 37.4 Å². The molecule has 0 bridgehead atoms. The number of thioether (sulfide) groups is 1. The van der Waals surface area contributed by atoms with Crippen molar-refractivity contribution in [1.29, 1.82) is 0 Å². The summed E-state index contributed by atoms with van der Waals surface area (Å²) in [5.41, 5.74) is 1.80. The first-order chi connectivity index (χ1) is 18.2. The summed E-state index contributed by atoms with van der Waals surface area (Å²) < 4.78 is 16.9. The van der Waals surface area contributed by atoms with Crippen LogP contribution in [0.15, 0.2) is 65.6 Å². The second-order valence-corrected chi connectivity index (χ2v) is 10.00. The third kappa shape index (κ3) is 6.69. The van der Waals surface area contributed by atoms with Crippen molar-refractivity contribution in [3.63, 3.8) is 0 Å². The van der Waals surface area contributed by atoms with Crippen molar-refractivity contribution in [2.75, 3.05) is 19.8 Å². The molecule has 0 unspecified atom stereocenters. The van der Waals surface area contributed by atoms with Crippen LogP contribution in [0.4, 0.5) is 4.79 Å². The number of halogens is 2. The number of nitrogens with zero attached hydrogens (tertiary/aromatic N) is 1. The van der Waals surface area contributed by atoms with Crippen LogP contribution in [0.2, 0.25) is 10.0 Å². The van der Waals surface area contributed by atoms with E-state index in [0.29, 0.717) is 16.3 Å². The number of ether oxygens (including phenoxy) is 3. The summed E-state index contributed by atoms with van der Waals surface area (Å²) in [6.07, 6.45) is 1.54. The molecular weight excluding hydrogens is 549 g/mol. The molecule has 0 saturated carbocycles. The van der Waals surface area contributed by atoms with Crippen LogP contribution >= 0.6 is 35.0 Å². The molecule has 0 aromatic heterocycles. The third-order valence-electron chi connectivity index (χ3n) is 5.33. The minimum absolute atomic E-state index is 0.0389. The summed E-state index contributed by atoms with van der Waals surface area (Å²) >= 11 is 13.2. The van der Waals surface area contributed by atoms with Crippen LogP contribution in [0.25, 0.3) is 6.08 Å². The number of aryl methyl sites for hydroxylation is 1. The highest BCUT2D eigenvalue weighted by atomic mass is 35.5. The normalized spacial score (nSPS) is 14.2. The number of hydrogen-bond acceptors (Lipinski definition) is 7. The Hall–Kier alpha value is -3.46. The Morgan fingerprint density at radius 1 is 1.03 bits per heavy atom. The lowest BCUT2D eigenvalue weighted by Gasteiger charge is -2.14. The van der Waals surface area contributed by atoms with Crippen molar-refractivity contribution in [3.8, 4) is 17.2 Å². The molecule has 1 fully saturated rings. The standard InChI is InChI=1S/C28H23Cl2NO6S/c1-3-35-23-14-18(13-22(30)25(23)37-27(33)19-7-5-8-20(29)16-19)15-24-26(32)31(28(34)38-24)10-11-36-21-9-4-6-17(2)12-21/h4-9,12-16H,3,10-11H2,1-2H3/b24-15-. The highest BCUT2D eigenvalue weighted by Crippen LogP contribution is 2.39. The Kier molecular flexibility index (Phi) is 8.99. The summed E-state index contributed by atoms with van der Waals surface area (Å²) in [7, 11) is 0. The first kappa shape index (κ1) is 27.6. The van der Waals surface area contributed by atoms with E-state index >= 15 is 0 Å². The predicted molar refractivity (Wildman–Crippen MR) is 148 cm³/mol. The maximum atomic E-state index is 12.9. The van der Waals surface area contributed by atoms with E-state index in [1.165, 1.54) is 12.1 Å². The van der Waals surface area contributed by atoms with Gasteiger partial charge < -0.3 is 14.2 Å². The first-order valence-electron chi connectivity index (χ1n) is 11.6. The molecule has 2 amide bonds. The van der Waals surface area contributed by atoms with E-state index < -0.39 is 17.1 Å². The van der Waals surface area contributed by atoms with E-state index in [1.54, 1.807) is 37.3 Å². The van der Waals surface area contributed by atoms with Gasteiger partial charge in [-0.1, -0.05) is 41.4 Å². The number of benzene rings is 3. The molecule has 0 radical (unpaired) electrons. The van der Waals surface area contributed by atoms with Gasteiger partial charge in [-0.05, 0) is 85.3 Å². The molecule has 1 saturated heterocycles. The molecule has 0 atom stereocenters. The first-order valence-corrected chi connectivity index (χ1v) is 13.2. The topological polar surface area (TPSA) is 82.1 Å². The minimum atomic E-state index is -0.655. The molecule has 0 spiro atoms. The third-order valence-corrected chi connectivity index (χ3v) is 6.75. The molecule has 0 aliphatic carbocycles. The van der Waals surface area contributed by atoms with Gasteiger partial charge in [-0.3, -0.25) is 14.5 Å². The second kappa shape index (κ2) is 12.4. The molecule has 0 N–H and O–H groups in total. The van der Waals surface area contributed by atoms with Gasteiger partial charge in [0.1, 0.15) is 12.4 Å². The highest BCUT2D eigenvalue weighted by molar-refractivity contribution is 8.18. The van der Waals surface area contributed by atoms with E-state index in [-0.39, 0.29) is 46.7 Å². The van der Waals surface area contributed by atoms with Crippen LogP contribution in [0.3, 0.4) is 0 Å². The van der Waals surface area contributed by atoms with Crippen molar-refractivity contribution in [3.05, 3.63) is 92.3 Å². The molecule has 10 heteroatoms. The zero-order valence-electron chi connectivity index (χ0n) is 20.5. The zero-order valence-corrected chi connectivity index (χ0v) is 22.9. The lowest BCUT2D eigenvalue weighted by atomic mass is 10.1. The lowest BCUT2D eigenvalue weighted by Crippen LogP contribution is -2.32. The van der Waals surface area contributed by atoms with Crippen molar-refractivity contribution in [2.45, 2.75) is 13.8 Å². The Balaban J connectivity index is 1.49. The summed E-state index contributed by atoms with van der Waals surface area (Å²) in [5, 5.41) is 0.0993. The summed E-state index contributed by atoms with van der Waals surface area (Å²) in [6, 6.07) is 17.0. The van der Waals surface area contributed by atoms with Crippen molar-refractivity contribution in [1.82, 2.24) is 4.90 Å². The number of esters is 1. The molecule has 196 valence electrons. The van der Waals surface area contributed by atoms with Gasteiger partial charge >= 0.3 is 5.97 Å². The number of carbonyl (C=O) groups is 3. The Morgan fingerprint density at radius 2 is 1.82 bits per heavy atom. The van der Waals surface area contributed by atoms with Gasteiger partial charge in [-0.2, -0.15) is 0 Å². The quantitative estimate of drug-likeness (QED) is 0.155. The predicted octanol–water partition coefficient (Wildman–Crippen LogP) is 7.04. The number of amides is 2. The van der Waals surface area contributed by atoms with Gasteiger partial charge in [-0.15, -0.1) is 0 Å². The molecule has 38 heavy (non-hydrogen) atoms. The zero-order chi connectivity index (χ0) is 27.2. The van der Waals surface area contributed by atoms with Crippen LogP contribution in [0.5, 0.6) is 17.2 Å². The Morgan fingerprint density at radius 3 is 2.55 bits per heavy atom. The SMILES string of the molecule is CCOc1cc(/C=C2\SC(=O)N(CCOc3cccc(C)c3)C2=O)cc(Cl)c1OC(=O)c1cccc(Cl)c1.